The van der Waals surface area contributed by atoms with E-state index in [4.69, 9.17) is 0 Å². The summed E-state index contributed by atoms with van der Waals surface area (Å²) < 4.78 is 0. The number of carbonyl (C=O) groups is 1. The third-order valence-corrected chi connectivity index (χ3v) is 4.90. The first-order chi connectivity index (χ1) is 8.81. The van der Waals surface area contributed by atoms with Crippen molar-refractivity contribution in [3.05, 3.63) is 35.9 Å². The number of hydrogen-bond acceptors (Lipinski definition) is 2. The van der Waals surface area contributed by atoms with Gasteiger partial charge in [0.05, 0.1) is 5.41 Å². The molecule has 3 fully saturated rings. The number of halogens is 1. The first-order valence-corrected chi connectivity index (χ1v) is 6.88. The van der Waals surface area contributed by atoms with E-state index in [2.05, 4.69) is 22.8 Å². The minimum atomic E-state index is -0.203. The van der Waals surface area contributed by atoms with E-state index in [0.29, 0.717) is 17.9 Å². The van der Waals surface area contributed by atoms with Gasteiger partial charge in [-0.3, -0.25) is 4.79 Å². The number of benzene rings is 1. The van der Waals surface area contributed by atoms with E-state index in [1.54, 1.807) is 0 Å². The van der Waals surface area contributed by atoms with Gasteiger partial charge >= 0.3 is 0 Å². The van der Waals surface area contributed by atoms with Crippen LogP contribution in [-0.2, 0) is 10.2 Å². The SMILES string of the molecule is Cl.O=C(NC1C2CNCC21)C1(c2ccccc2)CC1. The van der Waals surface area contributed by atoms with Crippen LogP contribution in [0.15, 0.2) is 30.3 Å². The maximum atomic E-state index is 12.5. The van der Waals surface area contributed by atoms with E-state index in [1.165, 1.54) is 5.56 Å². The third kappa shape index (κ3) is 1.96. The van der Waals surface area contributed by atoms with E-state index in [-0.39, 0.29) is 23.7 Å². The molecule has 102 valence electrons. The predicted molar refractivity (Wildman–Crippen MR) is 76.4 cm³/mol. The summed E-state index contributed by atoms with van der Waals surface area (Å²) in [7, 11) is 0. The first kappa shape index (κ1) is 12.9. The molecule has 4 heteroatoms. The predicted octanol–water partition coefficient (Wildman–Crippen LogP) is 1.47. The molecule has 1 aromatic carbocycles. The molecule has 1 aliphatic heterocycles. The zero-order valence-corrected chi connectivity index (χ0v) is 11.6. The van der Waals surface area contributed by atoms with Crippen LogP contribution >= 0.6 is 12.4 Å². The molecule has 3 nitrogen and oxygen atoms in total. The van der Waals surface area contributed by atoms with Gasteiger partial charge in [-0.1, -0.05) is 30.3 Å². The van der Waals surface area contributed by atoms with Crippen LogP contribution < -0.4 is 10.6 Å². The van der Waals surface area contributed by atoms with Crippen molar-refractivity contribution >= 4 is 18.3 Å². The summed E-state index contributed by atoms with van der Waals surface area (Å²) in [6.45, 7) is 2.15. The normalized spacial score (nSPS) is 32.9. The van der Waals surface area contributed by atoms with E-state index < -0.39 is 0 Å². The van der Waals surface area contributed by atoms with Crippen molar-refractivity contribution in [2.24, 2.45) is 11.8 Å². The molecule has 1 aromatic rings. The van der Waals surface area contributed by atoms with Crippen LogP contribution in [0.4, 0.5) is 0 Å². The van der Waals surface area contributed by atoms with Crippen LogP contribution in [-0.4, -0.2) is 25.0 Å². The van der Waals surface area contributed by atoms with E-state index in [1.807, 2.05) is 18.2 Å². The maximum absolute atomic E-state index is 12.5. The Balaban J connectivity index is 0.00000110. The second-order valence-corrected chi connectivity index (χ2v) is 5.93. The smallest absolute Gasteiger partial charge is 0.230 e. The summed E-state index contributed by atoms with van der Waals surface area (Å²) in [6, 6.07) is 10.7. The van der Waals surface area contributed by atoms with Gasteiger partial charge in [0.1, 0.15) is 0 Å². The maximum Gasteiger partial charge on any atom is 0.230 e. The number of fused-ring (bicyclic) bond motifs is 1. The zero-order valence-electron chi connectivity index (χ0n) is 10.8. The highest BCUT2D eigenvalue weighted by molar-refractivity contribution is 5.91. The number of nitrogens with one attached hydrogen (secondary N) is 2. The third-order valence-electron chi connectivity index (χ3n) is 4.90. The van der Waals surface area contributed by atoms with Gasteiger partial charge in [-0.2, -0.15) is 0 Å². The fourth-order valence-electron chi connectivity index (χ4n) is 3.45. The molecule has 1 saturated heterocycles. The highest BCUT2D eigenvalue weighted by atomic mass is 35.5. The highest BCUT2D eigenvalue weighted by Gasteiger charge is 2.57. The number of rotatable bonds is 3. The van der Waals surface area contributed by atoms with Crippen molar-refractivity contribution in [2.45, 2.75) is 24.3 Å². The molecule has 0 aromatic heterocycles. The molecule has 1 heterocycles. The lowest BCUT2D eigenvalue weighted by Crippen LogP contribution is -2.39. The van der Waals surface area contributed by atoms with Gasteiger partial charge in [0, 0.05) is 19.1 Å². The average molecular weight is 279 g/mol. The van der Waals surface area contributed by atoms with Crippen molar-refractivity contribution in [3.8, 4) is 0 Å². The molecule has 2 N–H and O–H groups in total. The van der Waals surface area contributed by atoms with Crippen LogP contribution in [0.25, 0.3) is 0 Å². The quantitative estimate of drug-likeness (QED) is 0.879. The van der Waals surface area contributed by atoms with Crippen LogP contribution in [0.3, 0.4) is 0 Å². The molecule has 0 spiro atoms. The summed E-state index contributed by atoms with van der Waals surface area (Å²) in [6.07, 6.45) is 2.01. The lowest BCUT2D eigenvalue weighted by Gasteiger charge is -2.16. The molecule has 3 aliphatic rings. The molecule has 2 unspecified atom stereocenters. The Morgan fingerprint density at radius 3 is 2.37 bits per heavy atom. The Morgan fingerprint density at radius 2 is 1.79 bits per heavy atom. The van der Waals surface area contributed by atoms with Gasteiger partial charge in [0.2, 0.25) is 5.91 Å². The van der Waals surface area contributed by atoms with E-state index >= 15 is 0 Å². The molecule has 2 atom stereocenters. The van der Waals surface area contributed by atoms with Crippen LogP contribution in [0.5, 0.6) is 0 Å². The second-order valence-electron chi connectivity index (χ2n) is 5.93. The number of piperidine rings is 1. The summed E-state index contributed by atoms with van der Waals surface area (Å²) in [5.41, 5.74) is 0.984. The monoisotopic (exact) mass is 278 g/mol. The molecule has 2 saturated carbocycles. The van der Waals surface area contributed by atoms with Gasteiger partial charge in [-0.05, 0) is 30.2 Å². The first-order valence-electron chi connectivity index (χ1n) is 6.88. The molecular formula is C15H19ClN2O. The molecular weight excluding hydrogens is 260 g/mol. The summed E-state index contributed by atoms with van der Waals surface area (Å²) >= 11 is 0. The highest BCUT2D eigenvalue weighted by Crippen LogP contribution is 2.50. The van der Waals surface area contributed by atoms with Gasteiger partial charge in [-0.15, -0.1) is 12.4 Å². The van der Waals surface area contributed by atoms with E-state index in [0.717, 1.165) is 25.9 Å². The number of hydrogen-bond donors (Lipinski definition) is 2. The fourth-order valence-corrected chi connectivity index (χ4v) is 3.45. The van der Waals surface area contributed by atoms with Gasteiger partial charge in [-0.25, -0.2) is 0 Å². The Hall–Kier alpha value is -1.06. The topological polar surface area (TPSA) is 41.1 Å². The van der Waals surface area contributed by atoms with E-state index in [9.17, 15) is 4.79 Å². The van der Waals surface area contributed by atoms with Crippen molar-refractivity contribution in [1.82, 2.24) is 10.6 Å². The Morgan fingerprint density at radius 1 is 1.16 bits per heavy atom. The Bertz CT molecular complexity index is 476. The van der Waals surface area contributed by atoms with Crippen LogP contribution in [0.1, 0.15) is 18.4 Å². The van der Waals surface area contributed by atoms with Crippen LogP contribution in [0.2, 0.25) is 0 Å². The molecule has 2 aliphatic carbocycles. The lowest BCUT2D eigenvalue weighted by atomic mass is 9.95. The van der Waals surface area contributed by atoms with Crippen molar-refractivity contribution in [1.29, 1.82) is 0 Å². The van der Waals surface area contributed by atoms with Crippen molar-refractivity contribution in [3.63, 3.8) is 0 Å². The molecule has 0 bridgehead atoms. The molecule has 19 heavy (non-hydrogen) atoms. The average Bonchev–Trinajstić information content (AvgIpc) is 3.28. The van der Waals surface area contributed by atoms with Gasteiger partial charge in [0.15, 0.2) is 0 Å². The minimum Gasteiger partial charge on any atom is -0.352 e. The van der Waals surface area contributed by atoms with Gasteiger partial charge in [0.25, 0.3) is 0 Å². The molecule has 1 amide bonds. The summed E-state index contributed by atoms with van der Waals surface area (Å²) in [5, 5.41) is 6.64. The van der Waals surface area contributed by atoms with Crippen molar-refractivity contribution < 1.29 is 4.79 Å². The zero-order chi connectivity index (χ0) is 12.2. The fraction of sp³-hybridized carbons (Fsp3) is 0.533. The Kier molecular flexibility index (Phi) is 3.06. The van der Waals surface area contributed by atoms with Crippen LogP contribution in [0, 0.1) is 11.8 Å². The number of amides is 1. The summed E-state index contributed by atoms with van der Waals surface area (Å²) in [4.78, 5) is 12.5. The second kappa shape index (κ2) is 4.50. The Labute approximate surface area is 119 Å². The minimum absolute atomic E-state index is 0. The standard InChI is InChI=1S/C15H18N2O.ClH/c18-14(17-13-11-8-16-9-12(11)13)15(6-7-15)10-4-2-1-3-5-10;/h1-5,11-13,16H,6-9H2,(H,17,18);1H. The van der Waals surface area contributed by atoms with Crippen molar-refractivity contribution in [2.75, 3.05) is 13.1 Å². The summed E-state index contributed by atoms with van der Waals surface area (Å²) in [5.74, 6) is 1.65. The number of carbonyl (C=O) groups excluding carboxylic acids is 1. The van der Waals surface area contributed by atoms with Gasteiger partial charge < -0.3 is 10.6 Å². The molecule has 0 radical (unpaired) electrons. The molecule has 4 rings (SSSR count). The lowest BCUT2D eigenvalue weighted by molar-refractivity contribution is -0.123. The largest absolute Gasteiger partial charge is 0.352 e.